The molecule has 0 saturated heterocycles. The van der Waals surface area contributed by atoms with Gasteiger partial charge >= 0.3 is 0 Å². The lowest BCUT2D eigenvalue weighted by Gasteiger charge is -2.00. The second-order valence-corrected chi connectivity index (χ2v) is 6.15. The summed E-state index contributed by atoms with van der Waals surface area (Å²) in [5.41, 5.74) is 1.62. The van der Waals surface area contributed by atoms with E-state index in [9.17, 15) is 9.59 Å². The summed E-state index contributed by atoms with van der Waals surface area (Å²) in [6, 6.07) is 5.39. The Balaban J connectivity index is 1.84. The Morgan fingerprint density at radius 3 is 2.87 bits per heavy atom. The molecule has 0 atom stereocenters. The van der Waals surface area contributed by atoms with Gasteiger partial charge in [-0.1, -0.05) is 23.0 Å². The van der Waals surface area contributed by atoms with Gasteiger partial charge in [-0.2, -0.15) is 0 Å². The Morgan fingerprint density at radius 1 is 1.30 bits per heavy atom. The predicted octanol–water partition coefficient (Wildman–Crippen LogP) is 2.91. The first-order chi connectivity index (χ1) is 11.0. The largest absolute Gasteiger partial charge is 0.463 e. The molecule has 0 fully saturated rings. The lowest BCUT2D eigenvalue weighted by atomic mass is 10.1. The minimum atomic E-state index is -0.384. The number of hydrogen-bond acceptors (Lipinski definition) is 6. The number of carbonyl (C=O) groups excluding carboxylic acids is 1. The number of nitrogens with zero attached hydrogens (tertiary/aromatic N) is 2. The third kappa shape index (κ3) is 3.35. The third-order valence-corrected chi connectivity index (χ3v) is 3.88. The fourth-order valence-electron chi connectivity index (χ4n) is 2.03. The molecule has 23 heavy (non-hydrogen) atoms. The Morgan fingerprint density at radius 2 is 2.13 bits per heavy atom. The van der Waals surface area contributed by atoms with Crippen LogP contribution >= 0.6 is 11.3 Å². The van der Waals surface area contributed by atoms with Gasteiger partial charge in [-0.05, 0) is 32.1 Å². The maximum Gasteiger partial charge on any atom is 0.250 e. The van der Waals surface area contributed by atoms with Crippen molar-refractivity contribution in [1.82, 2.24) is 10.2 Å². The molecule has 0 saturated carbocycles. The van der Waals surface area contributed by atoms with Crippen LogP contribution in [0.25, 0.3) is 17.0 Å². The average Bonchev–Trinajstić information content (AvgIpc) is 2.92. The van der Waals surface area contributed by atoms with Crippen LogP contribution in [-0.4, -0.2) is 16.1 Å². The van der Waals surface area contributed by atoms with E-state index in [1.54, 1.807) is 19.1 Å². The molecule has 2 heterocycles. The molecule has 1 amide bonds. The molecule has 0 aliphatic carbocycles. The van der Waals surface area contributed by atoms with Crippen LogP contribution in [0.2, 0.25) is 0 Å². The third-order valence-electron chi connectivity index (χ3n) is 3.13. The highest BCUT2D eigenvalue weighted by atomic mass is 32.1. The molecule has 3 aromatic rings. The van der Waals surface area contributed by atoms with Crippen molar-refractivity contribution in [2.75, 3.05) is 5.32 Å². The number of aromatic nitrogens is 2. The molecule has 0 aliphatic rings. The molecule has 116 valence electrons. The van der Waals surface area contributed by atoms with E-state index in [1.165, 1.54) is 29.8 Å². The summed E-state index contributed by atoms with van der Waals surface area (Å²) in [6.45, 7) is 3.70. The molecule has 0 aliphatic heterocycles. The second kappa shape index (κ2) is 6.13. The smallest absolute Gasteiger partial charge is 0.250 e. The SMILES string of the molecule is Cc1ccc2occ(/C=C/C(=O)Nc3nnc(C)s3)c(=O)c2c1. The summed E-state index contributed by atoms with van der Waals surface area (Å²) < 4.78 is 5.43. The van der Waals surface area contributed by atoms with Crippen molar-refractivity contribution in [3.8, 4) is 0 Å². The van der Waals surface area contributed by atoms with Crippen molar-refractivity contribution in [3.63, 3.8) is 0 Å². The number of benzene rings is 1. The maximum absolute atomic E-state index is 12.4. The van der Waals surface area contributed by atoms with Crippen LogP contribution in [0.4, 0.5) is 5.13 Å². The topological polar surface area (TPSA) is 85.1 Å². The molecular formula is C16H13N3O3S. The van der Waals surface area contributed by atoms with E-state index in [1.807, 2.05) is 13.0 Å². The summed E-state index contributed by atoms with van der Waals surface area (Å²) in [5.74, 6) is -0.384. The molecule has 7 heteroatoms. The normalized spacial score (nSPS) is 11.2. The Bertz CT molecular complexity index is 972. The van der Waals surface area contributed by atoms with Crippen molar-refractivity contribution >= 4 is 39.4 Å². The quantitative estimate of drug-likeness (QED) is 0.748. The summed E-state index contributed by atoms with van der Waals surface area (Å²) in [6.07, 6.45) is 4.04. The fraction of sp³-hybridized carbons (Fsp3) is 0.125. The molecule has 0 radical (unpaired) electrons. The number of hydrogen-bond donors (Lipinski definition) is 1. The van der Waals surface area contributed by atoms with E-state index in [-0.39, 0.29) is 11.3 Å². The summed E-state index contributed by atoms with van der Waals surface area (Å²) in [4.78, 5) is 24.2. The lowest BCUT2D eigenvalue weighted by Crippen LogP contribution is -2.09. The van der Waals surface area contributed by atoms with Gasteiger partial charge in [-0.25, -0.2) is 0 Å². The number of anilines is 1. The van der Waals surface area contributed by atoms with Crippen molar-refractivity contribution in [2.24, 2.45) is 0 Å². The van der Waals surface area contributed by atoms with Gasteiger partial charge in [0.05, 0.1) is 10.9 Å². The zero-order valence-electron chi connectivity index (χ0n) is 12.5. The van der Waals surface area contributed by atoms with Crippen molar-refractivity contribution < 1.29 is 9.21 Å². The second-order valence-electron chi connectivity index (χ2n) is 4.97. The highest BCUT2D eigenvalue weighted by molar-refractivity contribution is 7.15. The van der Waals surface area contributed by atoms with Crippen molar-refractivity contribution in [3.05, 3.63) is 56.9 Å². The van der Waals surface area contributed by atoms with E-state index in [2.05, 4.69) is 15.5 Å². The number of amides is 1. The monoisotopic (exact) mass is 327 g/mol. The van der Waals surface area contributed by atoms with Gasteiger partial charge in [0.2, 0.25) is 11.0 Å². The molecule has 3 rings (SSSR count). The van der Waals surface area contributed by atoms with Crippen molar-refractivity contribution in [1.29, 1.82) is 0 Å². The summed E-state index contributed by atoms with van der Waals surface area (Å²) in [5, 5.41) is 11.9. The zero-order chi connectivity index (χ0) is 16.4. The van der Waals surface area contributed by atoms with Crippen molar-refractivity contribution in [2.45, 2.75) is 13.8 Å². The van der Waals surface area contributed by atoms with E-state index >= 15 is 0 Å². The summed E-state index contributed by atoms with van der Waals surface area (Å²) >= 11 is 1.28. The van der Waals surface area contributed by atoms with Gasteiger partial charge in [-0.3, -0.25) is 14.9 Å². The van der Waals surface area contributed by atoms with Crippen LogP contribution in [0, 0.1) is 13.8 Å². The zero-order valence-corrected chi connectivity index (χ0v) is 13.3. The number of aryl methyl sites for hydroxylation is 2. The first-order valence-corrected chi connectivity index (χ1v) is 7.66. The van der Waals surface area contributed by atoms with Gasteiger partial charge in [-0.15, -0.1) is 10.2 Å². The van der Waals surface area contributed by atoms with Gasteiger partial charge in [0.15, 0.2) is 5.43 Å². The minimum absolute atomic E-state index is 0.175. The van der Waals surface area contributed by atoms with Gasteiger partial charge in [0, 0.05) is 6.08 Å². The molecule has 1 N–H and O–H groups in total. The molecule has 1 aromatic carbocycles. The van der Waals surface area contributed by atoms with Gasteiger partial charge < -0.3 is 4.42 Å². The molecular weight excluding hydrogens is 314 g/mol. The maximum atomic E-state index is 12.4. The Kier molecular flexibility index (Phi) is 4.03. The predicted molar refractivity (Wildman–Crippen MR) is 89.5 cm³/mol. The van der Waals surface area contributed by atoms with Crippen LogP contribution in [0.15, 0.2) is 39.7 Å². The van der Waals surface area contributed by atoms with Crippen LogP contribution in [0.1, 0.15) is 16.1 Å². The standard InChI is InChI=1S/C16H13N3O3S/c1-9-3-5-13-12(7-9)15(21)11(8-22-13)4-6-14(20)17-16-19-18-10(2)23-16/h3-8H,1-2H3,(H,17,19,20)/b6-4+. The van der Waals surface area contributed by atoms with Gasteiger partial charge in [0.25, 0.3) is 0 Å². The van der Waals surface area contributed by atoms with Crippen LogP contribution in [0.5, 0.6) is 0 Å². The number of nitrogens with one attached hydrogen (secondary N) is 1. The number of carbonyl (C=O) groups is 1. The average molecular weight is 327 g/mol. The van der Waals surface area contributed by atoms with Crippen LogP contribution < -0.4 is 10.7 Å². The highest BCUT2D eigenvalue weighted by Crippen LogP contribution is 2.15. The number of fused-ring (bicyclic) bond motifs is 1. The lowest BCUT2D eigenvalue weighted by molar-refractivity contribution is -0.111. The Labute approximate surface area is 135 Å². The minimum Gasteiger partial charge on any atom is -0.463 e. The first kappa shape index (κ1) is 15.1. The first-order valence-electron chi connectivity index (χ1n) is 6.84. The molecule has 0 bridgehead atoms. The molecule has 2 aromatic heterocycles. The summed E-state index contributed by atoms with van der Waals surface area (Å²) in [7, 11) is 0. The van der Waals surface area contributed by atoms with Crippen LogP contribution in [0.3, 0.4) is 0 Å². The molecule has 6 nitrogen and oxygen atoms in total. The molecule has 0 spiro atoms. The van der Waals surface area contributed by atoms with E-state index < -0.39 is 0 Å². The van der Waals surface area contributed by atoms with Crippen LogP contribution in [-0.2, 0) is 4.79 Å². The number of rotatable bonds is 3. The van der Waals surface area contributed by atoms with Gasteiger partial charge in [0.1, 0.15) is 16.9 Å². The van der Waals surface area contributed by atoms with E-state index in [0.717, 1.165) is 10.6 Å². The Hall–Kier alpha value is -2.80. The highest BCUT2D eigenvalue weighted by Gasteiger charge is 2.07. The fourth-order valence-corrected chi connectivity index (χ4v) is 2.63. The molecule has 0 unspecified atom stereocenters. The van der Waals surface area contributed by atoms with E-state index in [0.29, 0.717) is 21.7 Å². The van der Waals surface area contributed by atoms with E-state index in [4.69, 9.17) is 4.42 Å².